The monoisotopic (exact) mass is 362 g/mol. The molecule has 0 fully saturated rings. The highest BCUT2D eigenvalue weighted by Crippen LogP contribution is 2.24. The number of nitrogens with zero attached hydrogens (tertiary/aromatic N) is 1. The fraction of sp³-hybridized carbons (Fsp3) is 0.389. The van der Waals surface area contributed by atoms with Gasteiger partial charge in [-0.2, -0.15) is 0 Å². The van der Waals surface area contributed by atoms with Gasteiger partial charge in [0.05, 0.1) is 11.4 Å². The van der Waals surface area contributed by atoms with E-state index < -0.39 is 11.9 Å². The van der Waals surface area contributed by atoms with Gasteiger partial charge in [-0.25, -0.2) is 0 Å². The van der Waals surface area contributed by atoms with Crippen molar-refractivity contribution in [1.82, 2.24) is 5.16 Å². The zero-order valence-electron chi connectivity index (χ0n) is 14.8. The zero-order valence-corrected chi connectivity index (χ0v) is 15.6. The van der Waals surface area contributed by atoms with Crippen LogP contribution < -0.4 is 5.32 Å². The summed E-state index contributed by atoms with van der Waals surface area (Å²) in [5, 5.41) is 6.43. The van der Waals surface area contributed by atoms with Gasteiger partial charge in [0, 0.05) is 16.4 Å². The molecule has 6 nitrogen and oxygen atoms in total. The van der Waals surface area contributed by atoms with E-state index in [9.17, 15) is 9.59 Å². The molecular formula is C18H22N2O4S. The van der Waals surface area contributed by atoms with Crippen molar-refractivity contribution >= 4 is 29.5 Å². The van der Waals surface area contributed by atoms with Crippen LogP contribution in [0.15, 0.2) is 39.8 Å². The Bertz CT molecular complexity index is 750. The number of carbonyl (C=O) groups is 2. The summed E-state index contributed by atoms with van der Waals surface area (Å²) in [7, 11) is 0. The van der Waals surface area contributed by atoms with Crippen LogP contribution >= 0.6 is 11.8 Å². The maximum atomic E-state index is 11.8. The number of carbonyl (C=O) groups excluding carboxylic acids is 2. The lowest BCUT2D eigenvalue weighted by molar-refractivity contribution is -0.144. The second kappa shape index (κ2) is 8.20. The van der Waals surface area contributed by atoms with Gasteiger partial charge in [0.1, 0.15) is 0 Å². The van der Waals surface area contributed by atoms with Crippen molar-refractivity contribution in [3.63, 3.8) is 0 Å². The second-order valence-corrected chi connectivity index (χ2v) is 7.61. The number of thioether (sulfide) groups is 1. The van der Waals surface area contributed by atoms with Crippen molar-refractivity contribution in [2.75, 3.05) is 17.7 Å². The molecule has 0 unspecified atom stereocenters. The lowest BCUT2D eigenvalue weighted by Gasteiger charge is -2.12. The third-order valence-corrected chi connectivity index (χ3v) is 4.49. The molecule has 25 heavy (non-hydrogen) atoms. The van der Waals surface area contributed by atoms with Crippen molar-refractivity contribution < 1.29 is 18.8 Å². The highest BCUT2D eigenvalue weighted by molar-refractivity contribution is 8.00. The third-order valence-electron chi connectivity index (χ3n) is 3.34. The van der Waals surface area contributed by atoms with Crippen molar-refractivity contribution in [1.29, 1.82) is 0 Å². The molecule has 2 rings (SSSR count). The number of amides is 1. The largest absolute Gasteiger partial charge is 0.455 e. The quantitative estimate of drug-likeness (QED) is 0.625. The van der Waals surface area contributed by atoms with Gasteiger partial charge in [-0.05, 0) is 18.6 Å². The molecule has 0 aliphatic carbocycles. The van der Waals surface area contributed by atoms with Crippen molar-refractivity contribution in [3.8, 4) is 0 Å². The molecule has 134 valence electrons. The van der Waals surface area contributed by atoms with Crippen molar-refractivity contribution in [3.05, 3.63) is 41.6 Å². The summed E-state index contributed by atoms with van der Waals surface area (Å²) < 4.78 is 10.0. The van der Waals surface area contributed by atoms with Crippen molar-refractivity contribution in [2.24, 2.45) is 0 Å². The Balaban J connectivity index is 1.75. The van der Waals surface area contributed by atoms with Crippen LogP contribution in [0.5, 0.6) is 0 Å². The van der Waals surface area contributed by atoms with E-state index in [1.165, 1.54) is 11.8 Å². The summed E-state index contributed by atoms with van der Waals surface area (Å²) in [6.07, 6.45) is 0. The molecule has 0 aliphatic rings. The van der Waals surface area contributed by atoms with Gasteiger partial charge in [0.2, 0.25) is 5.88 Å². The van der Waals surface area contributed by atoms with Crippen LogP contribution in [-0.2, 0) is 19.7 Å². The summed E-state index contributed by atoms with van der Waals surface area (Å²) >= 11 is 1.38. The van der Waals surface area contributed by atoms with Gasteiger partial charge in [-0.1, -0.05) is 44.1 Å². The average molecular weight is 362 g/mol. The molecule has 0 spiro atoms. The van der Waals surface area contributed by atoms with E-state index >= 15 is 0 Å². The number of anilines is 1. The number of nitrogens with one attached hydrogen (secondary N) is 1. The van der Waals surface area contributed by atoms with Crippen LogP contribution in [0.1, 0.15) is 32.0 Å². The fourth-order valence-corrected chi connectivity index (χ4v) is 2.73. The third kappa shape index (κ3) is 5.94. The predicted octanol–water partition coefficient (Wildman–Crippen LogP) is 3.55. The molecule has 1 amide bonds. The summed E-state index contributed by atoms with van der Waals surface area (Å²) in [5.41, 5.74) is 1.65. The van der Waals surface area contributed by atoms with E-state index in [4.69, 9.17) is 9.26 Å². The van der Waals surface area contributed by atoms with Crippen LogP contribution in [0.3, 0.4) is 0 Å². The highest BCUT2D eigenvalue weighted by Gasteiger charge is 2.20. The zero-order chi connectivity index (χ0) is 18.4. The van der Waals surface area contributed by atoms with E-state index in [1.807, 2.05) is 52.0 Å². The molecule has 0 bridgehead atoms. The molecule has 0 saturated carbocycles. The first-order valence-corrected chi connectivity index (χ1v) is 8.85. The minimum Gasteiger partial charge on any atom is -0.455 e. The number of hydrogen-bond acceptors (Lipinski definition) is 6. The van der Waals surface area contributed by atoms with Crippen LogP contribution in [-0.4, -0.2) is 29.4 Å². The molecule has 0 aliphatic heterocycles. The first-order valence-electron chi connectivity index (χ1n) is 7.87. The summed E-state index contributed by atoms with van der Waals surface area (Å²) in [6, 6.07) is 9.43. The SMILES string of the molecule is Cc1ccccc1SCC(=O)OCC(=O)Nc1cc(C(C)(C)C)no1. The Morgan fingerprint density at radius 3 is 2.64 bits per heavy atom. The van der Waals surface area contributed by atoms with Gasteiger partial charge in [0.15, 0.2) is 6.61 Å². The number of ether oxygens (including phenoxy) is 1. The van der Waals surface area contributed by atoms with E-state index in [1.54, 1.807) is 6.07 Å². The average Bonchev–Trinajstić information content (AvgIpc) is 3.01. The number of esters is 1. The van der Waals surface area contributed by atoms with E-state index in [2.05, 4.69) is 10.5 Å². The van der Waals surface area contributed by atoms with Gasteiger partial charge in [-0.15, -0.1) is 11.8 Å². The number of rotatable bonds is 6. The Hall–Kier alpha value is -2.28. The Kier molecular flexibility index (Phi) is 6.25. The molecule has 2 aromatic rings. The van der Waals surface area contributed by atoms with Crippen LogP contribution in [0, 0.1) is 6.92 Å². The Labute approximate surface area is 151 Å². The normalized spacial score (nSPS) is 11.2. The van der Waals surface area contributed by atoms with Gasteiger partial charge < -0.3 is 9.26 Å². The number of aryl methyl sites for hydroxylation is 1. The van der Waals surface area contributed by atoms with Crippen LogP contribution in [0.2, 0.25) is 0 Å². The minimum atomic E-state index is -0.467. The summed E-state index contributed by atoms with van der Waals surface area (Å²) in [6.45, 7) is 7.59. The first kappa shape index (κ1) is 19.1. The number of aromatic nitrogens is 1. The molecule has 1 aromatic heterocycles. The molecule has 0 radical (unpaired) electrons. The van der Waals surface area contributed by atoms with Gasteiger partial charge in [-0.3, -0.25) is 14.9 Å². The molecule has 7 heteroatoms. The molecule has 1 heterocycles. The topological polar surface area (TPSA) is 81.4 Å². The minimum absolute atomic E-state index is 0.147. The van der Waals surface area contributed by atoms with Crippen LogP contribution in [0.4, 0.5) is 5.88 Å². The summed E-state index contributed by atoms with van der Waals surface area (Å²) in [5.74, 6) is -0.531. The maximum Gasteiger partial charge on any atom is 0.316 e. The Morgan fingerprint density at radius 1 is 1.28 bits per heavy atom. The van der Waals surface area contributed by atoms with E-state index in [0.717, 1.165) is 16.2 Å². The van der Waals surface area contributed by atoms with E-state index in [-0.39, 0.29) is 23.7 Å². The lowest BCUT2D eigenvalue weighted by atomic mass is 9.92. The lowest BCUT2D eigenvalue weighted by Crippen LogP contribution is -2.21. The van der Waals surface area contributed by atoms with Gasteiger partial charge >= 0.3 is 5.97 Å². The predicted molar refractivity (Wildman–Crippen MR) is 96.7 cm³/mol. The molecule has 0 saturated heterocycles. The summed E-state index contributed by atoms with van der Waals surface area (Å²) in [4.78, 5) is 24.6. The Morgan fingerprint density at radius 2 is 2.00 bits per heavy atom. The smallest absolute Gasteiger partial charge is 0.316 e. The molecule has 1 N–H and O–H groups in total. The van der Waals surface area contributed by atoms with Gasteiger partial charge in [0.25, 0.3) is 5.91 Å². The van der Waals surface area contributed by atoms with Crippen LogP contribution in [0.25, 0.3) is 0 Å². The molecular weight excluding hydrogens is 340 g/mol. The van der Waals surface area contributed by atoms with Crippen molar-refractivity contribution in [2.45, 2.75) is 38.0 Å². The number of benzene rings is 1. The maximum absolute atomic E-state index is 11.8. The highest BCUT2D eigenvalue weighted by atomic mass is 32.2. The van der Waals surface area contributed by atoms with E-state index in [0.29, 0.717) is 0 Å². The second-order valence-electron chi connectivity index (χ2n) is 6.59. The fourth-order valence-electron chi connectivity index (χ4n) is 1.90. The first-order chi connectivity index (χ1) is 11.8. The molecule has 1 aromatic carbocycles. The number of hydrogen-bond donors (Lipinski definition) is 1. The standard InChI is InChI=1S/C18H22N2O4S/c1-12-7-5-6-8-13(12)25-11-17(22)23-10-15(21)19-16-9-14(20-24-16)18(2,3)4/h5-9H,10-11H2,1-4H3,(H,19,21). The molecule has 0 atom stereocenters.